The number of ether oxygens (including phenoxy) is 3. The second-order valence-electron chi connectivity index (χ2n) is 6.33. The largest absolute Gasteiger partial charge is 0.493 e. The monoisotopic (exact) mass is 364 g/mol. The molecule has 0 aromatic heterocycles. The van der Waals surface area contributed by atoms with Gasteiger partial charge in [0, 0.05) is 26.2 Å². The number of nitrogens with zero attached hydrogens (tertiary/aromatic N) is 1. The zero-order valence-corrected chi connectivity index (χ0v) is 15.7. The molecule has 0 radical (unpaired) electrons. The van der Waals surface area contributed by atoms with Gasteiger partial charge in [-0.1, -0.05) is 6.07 Å². The van der Waals surface area contributed by atoms with Crippen LogP contribution in [0.15, 0.2) is 18.2 Å². The maximum Gasteiger partial charge on any atom is 0.224 e. The average molecular weight is 364 g/mol. The highest BCUT2D eigenvalue weighted by molar-refractivity contribution is 5.79. The number of nitrogens with one attached hydrogen (secondary N) is 1. The Kier molecular flexibility index (Phi) is 7.72. The predicted molar refractivity (Wildman–Crippen MR) is 97.5 cm³/mol. The molecule has 0 unspecified atom stereocenters. The molecule has 0 atom stereocenters. The minimum atomic E-state index is -0.0265. The average Bonchev–Trinajstić information content (AvgIpc) is 2.66. The maximum atomic E-state index is 12.3. The Morgan fingerprint density at radius 1 is 1.12 bits per heavy atom. The molecule has 26 heavy (non-hydrogen) atoms. The highest BCUT2D eigenvalue weighted by atomic mass is 16.5. The van der Waals surface area contributed by atoms with Crippen LogP contribution in [0.1, 0.15) is 24.8 Å². The van der Waals surface area contributed by atoms with Crippen LogP contribution in [0.4, 0.5) is 0 Å². The van der Waals surface area contributed by atoms with Crippen LogP contribution < -0.4 is 14.8 Å². The van der Waals surface area contributed by atoms with Gasteiger partial charge in [-0.2, -0.15) is 0 Å². The summed E-state index contributed by atoms with van der Waals surface area (Å²) in [5, 5.41) is 3.06. The fourth-order valence-corrected chi connectivity index (χ4v) is 3.08. The van der Waals surface area contributed by atoms with Gasteiger partial charge in [-0.15, -0.1) is 0 Å². The molecule has 2 amide bonds. The van der Waals surface area contributed by atoms with Crippen molar-refractivity contribution in [2.45, 2.75) is 31.7 Å². The number of hydrogen-bond acceptors (Lipinski definition) is 5. The van der Waals surface area contributed by atoms with Gasteiger partial charge in [0.15, 0.2) is 11.5 Å². The third-order valence-corrected chi connectivity index (χ3v) is 4.55. The van der Waals surface area contributed by atoms with E-state index in [9.17, 15) is 9.59 Å². The number of piperidine rings is 1. The van der Waals surface area contributed by atoms with Crippen molar-refractivity contribution >= 4 is 11.8 Å². The minimum absolute atomic E-state index is 0.0265. The van der Waals surface area contributed by atoms with Crippen molar-refractivity contribution in [2.24, 2.45) is 0 Å². The molecular formula is C19H28N2O5. The molecule has 0 saturated carbocycles. The van der Waals surface area contributed by atoms with Crippen LogP contribution in [0.2, 0.25) is 0 Å². The summed E-state index contributed by atoms with van der Waals surface area (Å²) in [4.78, 5) is 26.1. The fourth-order valence-electron chi connectivity index (χ4n) is 3.08. The number of carbonyl (C=O) groups excluding carboxylic acids is 2. The predicted octanol–water partition coefficient (Wildman–Crippen LogP) is 1.39. The number of hydrogen-bond donors (Lipinski definition) is 1. The Labute approximate surface area is 154 Å². The number of benzene rings is 1. The summed E-state index contributed by atoms with van der Waals surface area (Å²) in [7, 11) is 4.74. The first kappa shape index (κ1) is 20.0. The van der Waals surface area contributed by atoms with Gasteiger partial charge in [-0.25, -0.2) is 0 Å². The zero-order valence-electron chi connectivity index (χ0n) is 15.7. The number of carbonyl (C=O) groups is 2. The quantitative estimate of drug-likeness (QED) is 0.754. The normalized spacial score (nSPS) is 14.8. The molecule has 1 aromatic rings. The lowest BCUT2D eigenvalue weighted by Gasteiger charge is -2.32. The molecule has 0 spiro atoms. The molecule has 1 fully saturated rings. The Morgan fingerprint density at radius 2 is 1.81 bits per heavy atom. The van der Waals surface area contributed by atoms with Gasteiger partial charge >= 0.3 is 0 Å². The van der Waals surface area contributed by atoms with Crippen LogP contribution in [-0.2, 0) is 20.7 Å². The van der Waals surface area contributed by atoms with Gasteiger partial charge < -0.3 is 24.4 Å². The number of likely N-dealkylation sites (tertiary alicyclic amines) is 1. The standard InChI is InChI=1S/C19H28N2O5/c1-24-11-8-19(23)21-9-6-15(7-10-21)20-18(22)13-14-4-5-16(25-2)17(12-14)26-3/h4-5,12,15H,6-11,13H2,1-3H3,(H,20,22). The summed E-state index contributed by atoms with van der Waals surface area (Å²) in [5.74, 6) is 1.34. The van der Waals surface area contributed by atoms with Gasteiger partial charge in [0.25, 0.3) is 0 Å². The summed E-state index contributed by atoms with van der Waals surface area (Å²) in [6, 6.07) is 5.58. The van der Waals surface area contributed by atoms with E-state index < -0.39 is 0 Å². The molecule has 0 aliphatic carbocycles. The van der Waals surface area contributed by atoms with E-state index in [4.69, 9.17) is 14.2 Å². The Bertz CT molecular complexity index is 612. The van der Waals surface area contributed by atoms with Crippen molar-refractivity contribution in [1.82, 2.24) is 10.2 Å². The van der Waals surface area contributed by atoms with E-state index in [0.717, 1.165) is 18.4 Å². The van der Waals surface area contributed by atoms with E-state index in [1.54, 1.807) is 27.4 Å². The summed E-state index contributed by atoms with van der Waals surface area (Å²) in [6.45, 7) is 1.79. The van der Waals surface area contributed by atoms with Crippen molar-refractivity contribution in [1.29, 1.82) is 0 Å². The lowest BCUT2D eigenvalue weighted by Crippen LogP contribution is -2.47. The van der Waals surface area contributed by atoms with Crippen molar-refractivity contribution in [2.75, 3.05) is 41.0 Å². The van der Waals surface area contributed by atoms with Crippen LogP contribution in [0.3, 0.4) is 0 Å². The van der Waals surface area contributed by atoms with Crippen LogP contribution in [-0.4, -0.2) is 63.8 Å². The third kappa shape index (κ3) is 5.62. The van der Waals surface area contributed by atoms with Gasteiger partial charge in [0.2, 0.25) is 11.8 Å². The second-order valence-corrected chi connectivity index (χ2v) is 6.33. The summed E-state index contributed by atoms with van der Waals surface area (Å²) < 4.78 is 15.4. The molecule has 1 N–H and O–H groups in total. The lowest BCUT2D eigenvalue weighted by atomic mass is 10.0. The smallest absolute Gasteiger partial charge is 0.224 e. The topological polar surface area (TPSA) is 77.1 Å². The van der Waals surface area contributed by atoms with E-state index in [0.29, 0.717) is 37.6 Å². The number of amides is 2. The highest BCUT2D eigenvalue weighted by Crippen LogP contribution is 2.27. The molecule has 1 aromatic carbocycles. The van der Waals surface area contributed by atoms with E-state index >= 15 is 0 Å². The summed E-state index contributed by atoms with van der Waals surface area (Å²) in [5.41, 5.74) is 0.868. The SMILES string of the molecule is COCCC(=O)N1CCC(NC(=O)Cc2ccc(OC)c(OC)c2)CC1. The van der Waals surface area contributed by atoms with Crippen LogP contribution in [0, 0.1) is 0 Å². The Morgan fingerprint density at radius 3 is 2.42 bits per heavy atom. The molecule has 7 nitrogen and oxygen atoms in total. The molecule has 2 rings (SSSR count). The van der Waals surface area contributed by atoms with E-state index in [1.807, 2.05) is 17.0 Å². The first-order valence-electron chi connectivity index (χ1n) is 8.84. The van der Waals surface area contributed by atoms with Crippen LogP contribution in [0.25, 0.3) is 0 Å². The fraction of sp³-hybridized carbons (Fsp3) is 0.579. The first-order chi connectivity index (χ1) is 12.6. The number of methoxy groups -OCH3 is 3. The molecule has 1 saturated heterocycles. The highest BCUT2D eigenvalue weighted by Gasteiger charge is 2.23. The van der Waals surface area contributed by atoms with E-state index in [-0.39, 0.29) is 24.3 Å². The molecule has 0 bridgehead atoms. The number of rotatable bonds is 8. The molecule has 144 valence electrons. The Balaban J connectivity index is 1.79. The first-order valence-corrected chi connectivity index (χ1v) is 8.84. The molecular weight excluding hydrogens is 336 g/mol. The minimum Gasteiger partial charge on any atom is -0.493 e. The molecule has 7 heteroatoms. The van der Waals surface area contributed by atoms with Crippen molar-refractivity contribution < 1.29 is 23.8 Å². The van der Waals surface area contributed by atoms with E-state index in [1.165, 1.54) is 0 Å². The van der Waals surface area contributed by atoms with Crippen molar-refractivity contribution in [3.63, 3.8) is 0 Å². The van der Waals surface area contributed by atoms with Crippen molar-refractivity contribution in [3.05, 3.63) is 23.8 Å². The van der Waals surface area contributed by atoms with Gasteiger partial charge in [0.05, 0.1) is 33.7 Å². The van der Waals surface area contributed by atoms with Crippen molar-refractivity contribution in [3.8, 4) is 11.5 Å². The van der Waals surface area contributed by atoms with Gasteiger partial charge in [-0.3, -0.25) is 9.59 Å². The summed E-state index contributed by atoms with van der Waals surface area (Å²) >= 11 is 0. The Hall–Kier alpha value is -2.28. The third-order valence-electron chi connectivity index (χ3n) is 4.55. The molecule has 1 aliphatic heterocycles. The molecule has 1 heterocycles. The van der Waals surface area contributed by atoms with Crippen LogP contribution in [0.5, 0.6) is 11.5 Å². The zero-order chi connectivity index (χ0) is 18.9. The van der Waals surface area contributed by atoms with Crippen LogP contribution >= 0.6 is 0 Å². The summed E-state index contributed by atoms with van der Waals surface area (Å²) in [6.07, 6.45) is 2.24. The van der Waals surface area contributed by atoms with E-state index in [2.05, 4.69) is 5.32 Å². The maximum absolute atomic E-state index is 12.3. The lowest BCUT2D eigenvalue weighted by molar-refractivity contribution is -0.133. The van der Waals surface area contributed by atoms with Gasteiger partial charge in [-0.05, 0) is 30.5 Å². The second kappa shape index (κ2) is 10.0. The molecule has 1 aliphatic rings. The van der Waals surface area contributed by atoms with Gasteiger partial charge in [0.1, 0.15) is 0 Å².